The Morgan fingerprint density at radius 3 is 3.00 bits per heavy atom. The summed E-state index contributed by atoms with van der Waals surface area (Å²) in [5, 5.41) is 3.64. The van der Waals surface area contributed by atoms with E-state index in [9.17, 15) is 0 Å². The van der Waals surface area contributed by atoms with E-state index in [0.717, 1.165) is 11.3 Å². The van der Waals surface area contributed by atoms with Crippen molar-refractivity contribution in [3.8, 4) is 11.5 Å². The molecule has 1 aromatic heterocycles. The Labute approximate surface area is 87.6 Å². The van der Waals surface area contributed by atoms with Crippen LogP contribution in [0.1, 0.15) is 11.3 Å². The van der Waals surface area contributed by atoms with Gasteiger partial charge in [0.1, 0.15) is 11.9 Å². The quantitative estimate of drug-likeness (QED) is 0.832. The molecule has 0 amide bonds. The lowest BCUT2D eigenvalue weighted by Crippen LogP contribution is -1.96. The van der Waals surface area contributed by atoms with Gasteiger partial charge in [0.2, 0.25) is 0 Å². The van der Waals surface area contributed by atoms with Crippen molar-refractivity contribution in [3.05, 3.63) is 41.8 Å². The summed E-state index contributed by atoms with van der Waals surface area (Å²) in [6.45, 7) is 2.30. The van der Waals surface area contributed by atoms with Crippen LogP contribution in [0.5, 0.6) is 11.5 Å². The SMILES string of the molecule is Cc1oncc1Oc1cccc(CN)c1. The Bertz CT molecular complexity index is 451. The van der Waals surface area contributed by atoms with Gasteiger partial charge in [0.15, 0.2) is 11.5 Å². The Balaban J connectivity index is 2.21. The lowest BCUT2D eigenvalue weighted by atomic mass is 10.2. The summed E-state index contributed by atoms with van der Waals surface area (Å²) in [5.41, 5.74) is 6.56. The maximum absolute atomic E-state index is 5.58. The number of aryl methyl sites for hydroxylation is 1. The van der Waals surface area contributed by atoms with E-state index in [0.29, 0.717) is 18.1 Å². The molecule has 1 heterocycles. The van der Waals surface area contributed by atoms with Gasteiger partial charge in [-0.1, -0.05) is 17.3 Å². The predicted octanol–water partition coefficient (Wildman–Crippen LogP) is 2.23. The van der Waals surface area contributed by atoms with Crippen LogP contribution in [0, 0.1) is 6.92 Å². The van der Waals surface area contributed by atoms with Gasteiger partial charge in [0.25, 0.3) is 0 Å². The second kappa shape index (κ2) is 4.14. The maximum Gasteiger partial charge on any atom is 0.189 e. The van der Waals surface area contributed by atoms with Crippen LogP contribution in [0.25, 0.3) is 0 Å². The number of ether oxygens (including phenoxy) is 1. The number of nitrogens with two attached hydrogens (primary N) is 1. The minimum atomic E-state index is 0.500. The Hall–Kier alpha value is -1.81. The van der Waals surface area contributed by atoms with Crippen LogP contribution in [0.3, 0.4) is 0 Å². The highest BCUT2D eigenvalue weighted by molar-refractivity contribution is 5.33. The van der Waals surface area contributed by atoms with Gasteiger partial charge < -0.3 is 15.0 Å². The number of hydrogen-bond acceptors (Lipinski definition) is 4. The summed E-state index contributed by atoms with van der Waals surface area (Å²) in [6.07, 6.45) is 1.55. The van der Waals surface area contributed by atoms with Gasteiger partial charge in [-0.05, 0) is 17.7 Å². The summed E-state index contributed by atoms with van der Waals surface area (Å²) >= 11 is 0. The fraction of sp³-hybridized carbons (Fsp3) is 0.182. The zero-order valence-corrected chi connectivity index (χ0v) is 8.43. The van der Waals surface area contributed by atoms with Gasteiger partial charge in [-0.25, -0.2) is 0 Å². The van der Waals surface area contributed by atoms with Gasteiger partial charge in [-0.3, -0.25) is 0 Å². The first-order valence-corrected chi connectivity index (χ1v) is 4.67. The Morgan fingerprint density at radius 2 is 2.33 bits per heavy atom. The molecule has 0 aliphatic carbocycles. The molecule has 4 nitrogen and oxygen atoms in total. The van der Waals surface area contributed by atoms with Gasteiger partial charge >= 0.3 is 0 Å². The molecule has 0 saturated carbocycles. The molecule has 0 radical (unpaired) electrons. The van der Waals surface area contributed by atoms with E-state index in [2.05, 4.69) is 5.16 Å². The van der Waals surface area contributed by atoms with Crippen molar-refractivity contribution < 1.29 is 9.26 Å². The first-order valence-electron chi connectivity index (χ1n) is 4.67. The predicted molar refractivity (Wildman–Crippen MR) is 55.6 cm³/mol. The van der Waals surface area contributed by atoms with E-state index in [4.69, 9.17) is 15.0 Å². The number of aromatic nitrogens is 1. The van der Waals surface area contributed by atoms with E-state index >= 15 is 0 Å². The van der Waals surface area contributed by atoms with Crippen LogP contribution in [-0.2, 0) is 6.54 Å². The molecule has 2 aromatic rings. The van der Waals surface area contributed by atoms with Crippen LogP contribution in [0.15, 0.2) is 35.0 Å². The zero-order chi connectivity index (χ0) is 10.7. The highest BCUT2D eigenvalue weighted by atomic mass is 16.5. The molecule has 1 aromatic carbocycles. The smallest absolute Gasteiger partial charge is 0.189 e. The first-order chi connectivity index (χ1) is 7.29. The third-order valence-electron chi connectivity index (χ3n) is 2.07. The van der Waals surface area contributed by atoms with E-state index in [1.807, 2.05) is 24.3 Å². The second-order valence-electron chi connectivity index (χ2n) is 3.20. The van der Waals surface area contributed by atoms with Crippen molar-refractivity contribution in [1.82, 2.24) is 5.16 Å². The van der Waals surface area contributed by atoms with Crippen LogP contribution >= 0.6 is 0 Å². The molecule has 0 unspecified atom stereocenters. The molecule has 0 fully saturated rings. The van der Waals surface area contributed by atoms with Crippen molar-refractivity contribution in [3.63, 3.8) is 0 Å². The topological polar surface area (TPSA) is 61.3 Å². The largest absolute Gasteiger partial charge is 0.452 e. The van der Waals surface area contributed by atoms with Crippen molar-refractivity contribution >= 4 is 0 Å². The molecule has 2 N–H and O–H groups in total. The lowest BCUT2D eigenvalue weighted by molar-refractivity contribution is 0.386. The minimum Gasteiger partial charge on any atom is -0.452 e. The molecule has 0 spiro atoms. The van der Waals surface area contributed by atoms with Crippen LogP contribution in [0.2, 0.25) is 0 Å². The third-order valence-corrected chi connectivity index (χ3v) is 2.07. The number of hydrogen-bond donors (Lipinski definition) is 1. The Morgan fingerprint density at radius 1 is 1.47 bits per heavy atom. The normalized spacial score (nSPS) is 10.3. The third kappa shape index (κ3) is 2.16. The van der Waals surface area contributed by atoms with E-state index in [1.165, 1.54) is 0 Å². The highest BCUT2D eigenvalue weighted by Crippen LogP contribution is 2.24. The van der Waals surface area contributed by atoms with Crippen LogP contribution in [0.4, 0.5) is 0 Å². The summed E-state index contributed by atoms with van der Waals surface area (Å²) in [6, 6.07) is 7.62. The second-order valence-corrected chi connectivity index (χ2v) is 3.20. The first kappa shape index (κ1) is 9.73. The standard InChI is InChI=1S/C11H12N2O2/c1-8-11(7-13-15-8)14-10-4-2-3-9(5-10)6-12/h2-5,7H,6,12H2,1H3. The van der Waals surface area contributed by atoms with Gasteiger partial charge in [-0.2, -0.15) is 0 Å². The minimum absolute atomic E-state index is 0.500. The summed E-state index contributed by atoms with van der Waals surface area (Å²) in [4.78, 5) is 0. The fourth-order valence-electron chi connectivity index (χ4n) is 1.25. The summed E-state index contributed by atoms with van der Waals surface area (Å²) < 4.78 is 10.5. The molecule has 0 bridgehead atoms. The molecule has 4 heteroatoms. The molecule has 0 aliphatic rings. The molecule has 2 rings (SSSR count). The average Bonchev–Trinajstić information content (AvgIpc) is 2.65. The zero-order valence-electron chi connectivity index (χ0n) is 8.43. The summed E-state index contributed by atoms with van der Waals surface area (Å²) in [7, 11) is 0. The van der Waals surface area contributed by atoms with Crippen LogP contribution < -0.4 is 10.5 Å². The van der Waals surface area contributed by atoms with Crippen molar-refractivity contribution in [2.45, 2.75) is 13.5 Å². The molecular weight excluding hydrogens is 192 g/mol. The van der Waals surface area contributed by atoms with Crippen molar-refractivity contribution in [2.24, 2.45) is 5.73 Å². The fourth-order valence-corrected chi connectivity index (χ4v) is 1.25. The highest BCUT2D eigenvalue weighted by Gasteiger charge is 2.05. The molecule has 0 aliphatic heterocycles. The molecule has 0 saturated heterocycles. The monoisotopic (exact) mass is 204 g/mol. The maximum atomic E-state index is 5.58. The number of benzene rings is 1. The van der Waals surface area contributed by atoms with Gasteiger partial charge in [0.05, 0.1) is 0 Å². The van der Waals surface area contributed by atoms with E-state index in [1.54, 1.807) is 13.1 Å². The van der Waals surface area contributed by atoms with Crippen LogP contribution in [-0.4, -0.2) is 5.16 Å². The number of nitrogens with zero attached hydrogens (tertiary/aromatic N) is 1. The molecule has 0 atom stereocenters. The van der Waals surface area contributed by atoms with Gasteiger partial charge in [0, 0.05) is 13.5 Å². The van der Waals surface area contributed by atoms with Crippen molar-refractivity contribution in [2.75, 3.05) is 0 Å². The van der Waals surface area contributed by atoms with Crippen molar-refractivity contribution in [1.29, 1.82) is 0 Å². The number of rotatable bonds is 3. The van der Waals surface area contributed by atoms with Gasteiger partial charge in [-0.15, -0.1) is 0 Å². The average molecular weight is 204 g/mol. The van der Waals surface area contributed by atoms with E-state index in [-0.39, 0.29) is 0 Å². The summed E-state index contributed by atoms with van der Waals surface area (Å²) in [5.74, 6) is 2.03. The molecular formula is C11H12N2O2. The molecule has 78 valence electrons. The molecule has 15 heavy (non-hydrogen) atoms. The lowest BCUT2D eigenvalue weighted by Gasteiger charge is -2.04. The van der Waals surface area contributed by atoms with E-state index < -0.39 is 0 Å². The Kier molecular flexibility index (Phi) is 2.69.